The normalized spacial score (nSPS) is 12.7. The monoisotopic (exact) mass is 255 g/mol. The molecule has 0 radical (unpaired) electrons. The molecule has 19 heavy (non-hydrogen) atoms. The average Bonchev–Trinajstić information content (AvgIpc) is 2.83. The molecule has 1 aromatic carbocycles. The van der Waals surface area contributed by atoms with Crippen molar-refractivity contribution < 1.29 is 5.11 Å². The molecule has 0 aliphatic carbocycles. The number of aromatic nitrogens is 5. The maximum Gasteiger partial charge on any atom is 0.177 e. The van der Waals surface area contributed by atoms with Gasteiger partial charge in [0, 0.05) is 18.0 Å². The van der Waals surface area contributed by atoms with Gasteiger partial charge >= 0.3 is 0 Å². The topological polar surface area (TPSA) is 76.7 Å². The predicted octanol–water partition coefficient (Wildman–Crippen LogP) is 1.03. The molecule has 0 amide bonds. The molecule has 6 nitrogen and oxygen atoms in total. The van der Waals surface area contributed by atoms with E-state index in [1.807, 2.05) is 30.3 Å². The summed E-state index contributed by atoms with van der Waals surface area (Å²) in [4.78, 5) is 5.65. The summed E-state index contributed by atoms with van der Waals surface area (Å²) in [5.41, 5.74) is 0.644. The first kappa shape index (κ1) is 11.7. The van der Waals surface area contributed by atoms with E-state index < -0.39 is 6.10 Å². The molecule has 96 valence electrons. The van der Waals surface area contributed by atoms with Gasteiger partial charge in [-0.2, -0.15) is 4.80 Å². The van der Waals surface area contributed by atoms with Gasteiger partial charge in [0.15, 0.2) is 5.82 Å². The lowest BCUT2D eigenvalue weighted by molar-refractivity contribution is 0.172. The molecule has 0 spiro atoms. The van der Waals surface area contributed by atoms with E-state index in [2.05, 4.69) is 20.4 Å². The Labute approximate surface area is 109 Å². The largest absolute Gasteiger partial charge is 0.386 e. The van der Waals surface area contributed by atoms with Crippen LogP contribution in [0.2, 0.25) is 0 Å². The molecule has 0 aliphatic rings. The number of hydrogen-bond acceptors (Lipinski definition) is 5. The minimum absolute atomic E-state index is 0.300. The van der Waals surface area contributed by atoms with Crippen LogP contribution in [-0.2, 0) is 13.5 Å². The first-order valence-corrected chi connectivity index (χ1v) is 5.98. The molecular weight excluding hydrogens is 242 g/mol. The van der Waals surface area contributed by atoms with E-state index in [1.165, 1.54) is 4.80 Å². The summed E-state index contributed by atoms with van der Waals surface area (Å²) in [6.07, 6.45) is 1.26. The molecule has 0 fully saturated rings. The second kappa shape index (κ2) is 4.74. The minimum Gasteiger partial charge on any atom is -0.386 e. The van der Waals surface area contributed by atoms with Gasteiger partial charge in [-0.3, -0.25) is 4.98 Å². The van der Waals surface area contributed by atoms with Crippen LogP contribution in [0.25, 0.3) is 10.8 Å². The summed E-state index contributed by atoms with van der Waals surface area (Å²) in [7, 11) is 1.69. The standard InChI is InChI=1S/C13H13N5O/c1-18-16-12(15-17-18)8-11(19)13-10-5-3-2-4-9(10)6-7-14-13/h2-7,11,19H,8H2,1H3. The third kappa shape index (κ3) is 2.30. The van der Waals surface area contributed by atoms with Crippen molar-refractivity contribution in [2.45, 2.75) is 12.5 Å². The summed E-state index contributed by atoms with van der Waals surface area (Å²) in [6.45, 7) is 0. The van der Waals surface area contributed by atoms with Crippen LogP contribution >= 0.6 is 0 Å². The average molecular weight is 255 g/mol. The highest BCUT2D eigenvalue weighted by Crippen LogP contribution is 2.23. The van der Waals surface area contributed by atoms with Crippen molar-refractivity contribution in [1.29, 1.82) is 0 Å². The highest BCUT2D eigenvalue weighted by molar-refractivity contribution is 5.84. The van der Waals surface area contributed by atoms with Crippen molar-refractivity contribution >= 4 is 10.8 Å². The van der Waals surface area contributed by atoms with Crippen LogP contribution < -0.4 is 0 Å². The molecule has 0 aliphatic heterocycles. The summed E-state index contributed by atoms with van der Waals surface area (Å²) in [6, 6.07) is 9.76. The first-order chi connectivity index (χ1) is 9.24. The van der Waals surface area contributed by atoms with Gasteiger partial charge in [0.2, 0.25) is 0 Å². The number of pyridine rings is 1. The van der Waals surface area contributed by atoms with Crippen molar-refractivity contribution in [2.24, 2.45) is 7.05 Å². The Balaban J connectivity index is 1.95. The summed E-state index contributed by atoms with van der Waals surface area (Å²) in [5, 5.41) is 24.0. The molecule has 1 N–H and O–H groups in total. The van der Waals surface area contributed by atoms with E-state index in [1.54, 1.807) is 13.2 Å². The van der Waals surface area contributed by atoms with Crippen molar-refractivity contribution in [1.82, 2.24) is 25.2 Å². The lowest BCUT2D eigenvalue weighted by atomic mass is 10.0. The van der Waals surface area contributed by atoms with Gasteiger partial charge in [-0.05, 0) is 16.7 Å². The molecule has 3 rings (SSSR count). The minimum atomic E-state index is -0.740. The van der Waals surface area contributed by atoms with Crippen LogP contribution in [-0.4, -0.2) is 30.3 Å². The van der Waals surface area contributed by atoms with Gasteiger partial charge in [-0.15, -0.1) is 10.2 Å². The van der Waals surface area contributed by atoms with Gasteiger partial charge in [0.05, 0.1) is 12.7 Å². The van der Waals surface area contributed by atoms with E-state index in [9.17, 15) is 5.11 Å². The molecule has 6 heteroatoms. The van der Waals surface area contributed by atoms with Crippen LogP contribution in [0.3, 0.4) is 0 Å². The smallest absolute Gasteiger partial charge is 0.177 e. The third-order valence-corrected chi connectivity index (χ3v) is 2.95. The number of hydrogen-bond donors (Lipinski definition) is 1. The number of rotatable bonds is 3. The quantitative estimate of drug-likeness (QED) is 0.756. The fourth-order valence-corrected chi connectivity index (χ4v) is 2.08. The SMILES string of the molecule is Cn1nnc(CC(O)c2nccc3ccccc23)n1. The van der Waals surface area contributed by atoms with Gasteiger partial charge in [-0.1, -0.05) is 24.3 Å². The number of tetrazole rings is 1. The van der Waals surface area contributed by atoms with Gasteiger partial charge in [0.25, 0.3) is 0 Å². The number of benzene rings is 1. The lowest BCUT2D eigenvalue weighted by Gasteiger charge is -2.10. The van der Waals surface area contributed by atoms with E-state index in [4.69, 9.17) is 0 Å². The molecule has 0 saturated heterocycles. The molecule has 0 saturated carbocycles. The number of nitrogens with zero attached hydrogens (tertiary/aromatic N) is 5. The molecule has 0 bridgehead atoms. The molecular formula is C13H13N5O. The van der Waals surface area contributed by atoms with Gasteiger partial charge < -0.3 is 5.11 Å². The molecule has 2 heterocycles. The number of aliphatic hydroxyl groups excluding tert-OH is 1. The van der Waals surface area contributed by atoms with Crippen LogP contribution in [0.1, 0.15) is 17.6 Å². The Morgan fingerprint density at radius 1 is 1.26 bits per heavy atom. The van der Waals surface area contributed by atoms with Crippen molar-refractivity contribution in [3.63, 3.8) is 0 Å². The summed E-state index contributed by atoms with van der Waals surface area (Å²) in [5.74, 6) is 0.504. The number of aryl methyl sites for hydroxylation is 1. The van der Waals surface area contributed by atoms with Crippen LogP contribution in [0.4, 0.5) is 0 Å². The summed E-state index contributed by atoms with van der Waals surface area (Å²) < 4.78 is 0. The zero-order chi connectivity index (χ0) is 13.2. The van der Waals surface area contributed by atoms with E-state index >= 15 is 0 Å². The highest BCUT2D eigenvalue weighted by Gasteiger charge is 2.15. The maximum atomic E-state index is 10.3. The second-order valence-corrected chi connectivity index (χ2v) is 4.33. The van der Waals surface area contributed by atoms with Crippen LogP contribution in [0.15, 0.2) is 36.5 Å². The van der Waals surface area contributed by atoms with E-state index in [0.29, 0.717) is 17.9 Å². The fraction of sp³-hybridized carbons (Fsp3) is 0.231. The van der Waals surface area contributed by atoms with Crippen molar-refractivity contribution in [3.05, 3.63) is 48.0 Å². The summed E-state index contributed by atoms with van der Waals surface area (Å²) >= 11 is 0. The Kier molecular flexibility index (Phi) is 2.92. The lowest BCUT2D eigenvalue weighted by Crippen LogP contribution is -2.06. The second-order valence-electron chi connectivity index (χ2n) is 4.33. The molecule has 1 atom stereocenters. The molecule has 3 aromatic rings. The van der Waals surface area contributed by atoms with Crippen LogP contribution in [0, 0.1) is 0 Å². The zero-order valence-electron chi connectivity index (χ0n) is 10.4. The van der Waals surface area contributed by atoms with E-state index in [-0.39, 0.29) is 0 Å². The number of fused-ring (bicyclic) bond motifs is 1. The number of aliphatic hydroxyl groups is 1. The predicted molar refractivity (Wildman–Crippen MR) is 69.2 cm³/mol. The molecule has 1 unspecified atom stereocenters. The maximum absolute atomic E-state index is 10.3. The van der Waals surface area contributed by atoms with Crippen molar-refractivity contribution in [2.75, 3.05) is 0 Å². The Morgan fingerprint density at radius 3 is 2.89 bits per heavy atom. The zero-order valence-corrected chi connectivity index (χ0v) is 10.4. The first-order valence-electron chi connectivity index (χ1n) is 5.98. The third-order valence-electron chi connectivity index (χ3n) is 2.95. The van der Waals surface area contributed by atoms with Crippen molar-refractivity contribution in [3.8, 4) is 0 Å². The Bertz CT molecular complexity index is 704. The Morgan fingerprint density at radius 2 is 2.11 bits per heavy atom. The molecule has 2 aromatic heterocycles. The fourth-order valence-electron chi connectivity index (χ4n) is 2.08. The van der Waals surface area contributed by atoms with Gasteiger partial charge in [0.1, 0.15) is 6.10 Å². The van der Waals surface area contributed by atoms with Crippen LogP contribution in [0.5, 0.6) is 0 Å². The van der Waals surface area contributed by atoms with Gasteiger partial charge in [-0.25, -0.2) is 0 Å². The Hall–Kier alpha value is -2.34. The highest BCUT2D eigenvalue weighted by atomic mass is 16.3. The van der Waals surface area contributed by atoms with E-state index in [0.717, 1.165) is 10.8 Å².